The van der Waals surface area contributed by atoms with Crippen LogP contribution in [0.1, 0.15) is 34.1 Å². The first-order valence-electron chi connectivity index (χ1n) is 9.10. The number of hydrogen-bond acceptors (Lipinski definition) is 5. The Morgan fingerprint density at radius 1 is 1.07 bits per heavy atom. The molecule has 3 N–H and O–H groups in total. The summed E-state index contributed by atoms with van der Waals surface area (Å²) in [6, 6.07) is 14.4. The van der Waals surface area contributed by atoms with Gasteiger partial charge in [0.2, 0.25) is 0 Å². The summed E-state index contributed by atoms with van der Waals surface area (Å²) in [6.45, 7) is 3.60. The average molecular weight is 405 g/mol. The molecule has 1 unspecified atom stereocenters. The molecule has 3 rings (SSSR count). The summed E-state index contributed by atoms with van der Waals surface area (Å²) in [5.74, 6) is -0.547. The second-order valence-electron chi connectivity index (χ2n) is 6.71. The van der Waals surface area contributed by atoms with Gasteiger partial charge in [0.25, 0.3) is 5.91 Å². The molecule has 28 heavy (non-hydrogen) atoms. The second-order valence-corrected chi connectivity index (χ2v) is 6.71. The molecule has 1 aliphatic heterocycles. The average Bonchev–Trinajstić information content (AvgIpc) is 3.13. The first-order valence-corrected chi connectivity index (χ1v) is 9.10. The summed E-state index contributed by atoms with van der Waals surface area (Å²) in [5.41, 5.74) is 2.07. The predicted octanol–water partition coefficient (Wildman–Crippen LogP) is 2.41. The standard InChI is InChI=1S/C21H24N2O4.ClH/c1-2-27-20(25)18-9-5-16(6-10-18)15-3-7-17(8-4-15)19(24)23-14-21(26)11-12-22-13-21;/h3-10,22,26H,2,11-14H2,1H3,(H,23,24);1H. The van der Waals surface area contributed by atoms with E-state index >= 15 is 0 Å². The van der Waals surface area contributed by atoms with Crippen molar-refractivity contribution in [1.29, 1.82) is 0 Å². The number of nitrogens with one attached hydrogen (secondary N) is 2. The van der Waals surface area contributed by atoms with E-state index < -0.39 is 5.60 Å². The van der Waals surface area contributed by atoms with E-state index in [1.807, 2.05) is 24.3 Å². The fraction of sp³-hybridized carbons (Fsp3) is 0.333. The third-order valence-electron chi connectivity index (χ3n) is 4.68. The molecular weight excluding hydrogens is 380 g/mol. The summed E-state index contributed by atoms with van der Waals surface area (Å²) in [4.78, 5) is 24.0. The van der Waals surface area contributed by atoms with Crippen molar-refractivity contribution in [2.45, 2.75) is 18.9 Å². The highest BCUT2D eigenvalue weighted by Crippen LogP contribution is 2.21. The zero-order valence-electron chi connectivity index (χ0n) is 15.7. The number of carbonyl (C=O) groups excluding carboxylic acids is 2. The van der Waals surface area contributed by atoms with Crippen molar-refractivity contribution in [3.8, 4) is 11.1 Å². The zero-order valence-corrected chi connectivity index (χ0v) is 16.6. The molecule has 0 aromatic heterocycles. The zero-order chi connectivity index (χ0) is 19.3. The van der Waals surface area contributed by atoms with Crippen LogP contribution in [0.3, 0.4) is 0 Å². The number of aliphatic hydroxyl groups is 1. The number of carbonyl (C=O) groups is 2. The molecule has 0 bridgehead atoms. The van der Waals surface area contributed by atoms with Crippen LogP contribution in [0.2, 0.25) is 0 Å². The van der Waals surface area contributed by atoms with Crippen LogP contribution in [-0.2, 0) is 4.74 Å². The smallest absolute Gasteiger partial charge is 0.338 e. The van der Waals surface area contributed by atoms with E-state index in [2.05, 4.69) is 10.6 Å². The molecule has 0 radical (unpaired) electrons. The van der Waals surface area contributed by atoms with Gasteiger partial charge in [-0.2, -0.15) is 0 Å². The summed E-state index contributed by atoms with van der Waals surface area (Å²) in [6.07, 6.45) is 0.633. The predicted molar refractivity (Wildman–Crippen MR) is 110 cm³/mol. The molecule has 2 aromatic carbocycles. The quantitative estimate of drug-likeness (QED) is 0.643. The van der Waals surface area contributed by atoms with Crippen LogP contribution in [0.25, 0.3) is 11.1 Å². The van der Waals surface area contributed by atoms with Crippen LogP contribution >= 0.6 is 12.4 Å². The lowest BCUT2D eigenvalue weighted by Crippen LogP contribution is -2.44. The van der Waals surface area contributed by atoms with Crippen molar-refractivity contribution in [2.75, 3.05) is 26.2 Å². The van der Waals surface area contributed by atoms with Crippen LogP contribution in [0.15, 0.2) is 48.5 Å². The summed E-state index contributed by atoms with van der Waals surface area (Å²) in [7, 11) is 0. The Bertz CT molecular complexity index is 800. The molecule has 1 atom stereocenters. The Hall–Kier alpha value is -2.41. The fourth-order valence-electron chi connectivity index (χ4n) is 3.06. The third-order valence-corrected chi connectivity index (χ3v) is 4.68. The van der Waals surface area contributed by atoms with Gasteiger partial charge in [-0.25, -0.2) is 4.79 Å². The maximum Gasteiger partial charge on any atom is 0.338 e. The molecule has 0 spiro atoms. The van der Waals surface area contributed by atoms with Crippen molar-refractivity contribution in [3.05, 3.63) is 59.7 Å². The van der Waals surface area contributed by atoms with Crippen LogP contribution in [0.5, 0.6) is 0 Å². The number of β-amino-alcohol motifs (C(OH)–C–C–N with tert-alkyl or cyclic N) is 1. The second kappa shape index (κ2) is 9.68. The van der Waals surface area contributed by atoms with Crippen molar-refractivity contribution in [2.24, 2.45) is 0 Å². The van der Waals surface area contributed by atoms with Crippen molar-refractivity contribution in [3.63, 3.8) is 0 Å². The van der Waals surface area contributed by atoms with Crippen molar-refractivity contribution in [1.82, 2.24) is 10.6 Å². The van der Waals surface area contributed by atoms with E-state index in [-0.39, 0.29) is 30.8 Å². The summed E-state index contributed by atoms with van der Waals surface area (Å²) < 4.78 is 4.98. The SMILES string of the molecule is CCOC(=O)c1ccc(-c2ccc(C(=O)NCC3(O)CCNC3)cc2)cc1.Cl. The van der Waals surface area contributed by atoms with Gasteiger partial charge >= 0.3 is 5.97 Å². The van der Waals surface area contributed by atoms with Crippen LogP contribution < -0.4 is 10.6 Å². The Kier molecular flexibility index (Phi) is 7.57. The summed E-state index contributed by atoms with van der Waals surface area (Å²) in [5, 5.41) is 16.1. The molecule has 2 aromatic rings. The first kappa shape index (κ1) is 21.9. The number of halogens is 1. The highest BCUT2D eigenvalue weighted by atomic mass is 35.5. The Balaban J connectivity index is 0.00000280. The highest BCUT2D eigenvalue weighted by Gasteiger charge is 2.31. The van der Waals surface area contributed by atoms with Crippen LogP contribution in [-0.4, -0.2) is 48.8 Å². The minimum Gasteiger partial charge on any atom is -0.462 e. The van der Waals surface area contributed by atoms with Gasteiger partial charge in [-0.3, -0.25) is 4.79 Å². The number of rotatable bonds is 6. The van der Waals surface area contributed by atoms with E-state index in [9.17, 15) is 14.7 Å². The molecular formula is C21H25ClN2O4. The lowest BCUT2D eigenvalue weighted by molar-refractivity contribution is 0.0526. The minimum absolute atomic E-state index is 0. The number of amides is 1. The van der Waals surface area contributed by atoms with E-state index in [0.717, 1.165) is 17.7 Å². The van der Waals surface area contributed by atoms with Crippen LogP contribution in [0, 0.1) is 0 Å². The van der Waals surface area contributed by atoms with Gasteiger partial charge in [0.15, 0.2) is 0 Å². The monoisotopic (exact) mass is 404 g/mol. The normalized spacial score (nSPS) is 18.2. The van der Waals surface area contributed by atoms with E-state index in [0.29, 0.717) is 30.7 Å². The molecule has 1 saturated heterocycles. The molecule has 6 nitrogen and oxygen atoms in total. The number of benzene rings is 2. The molecule has 0 saturated carbocycles. The molecule has 150 valence electrons. The van der Waals surface area contributed by atoms with E-state index in [4.69, 9.17) is 4.74 Å². The van der Waals surface area contributed by atoms with E-state index in [1.54, 1.807) is 31.2 Å². The fourth-order valence-corrected chi connectivity index (χ4v) is 3.06. The molecule has 1 heterocycles. The van der Waals surface area contributed by atoms with Gasteiger partial charge in [-0.05, 0) is 55.3 Å². The molecule has 0 aliphatic carbocycles. The Morgan fingerprint density at radius 2 is 1.64 bits per heavy atom. The Labute approximate surface area is 170 Å². The maximum atomic E-state index is 12.3. The summed E-state index contributed by atoms with van der Waals surface area (Å²) >= 11 is 0. The molecule has 1 aliphatic rings. The lowest BCUT2D eigenvalue weighted by Gasteiger charge is -2.21. The Morgan fingerprint density at radius 3 is 2.14 bits per heavy atom. The van der Waals surface area contributed by atoms with Crippen molar-refractivity contribution < 1.29 is 19.4 Å². The number of esters is 1. The number of hydrogen-bond donors (Lipinski definition) is 3. The maximum absolute atomic E-state index is 12.3. The van der Waals surface area contributed by atoms with Gasteiger partial charge in [-0.1, -0.05) is 24.3 Å². The topological polar surface area (TPSA) is 87.7 Å². The van der Waals surface area contributed by atoms with Crippen LogP contribution in [0.4, 0.5) is 0 Å². The third kappa shape index (κ3) is 5.32. The van der Waals surface area contributed by atoms with Gasteiger partial charge < -0.3 is 20.5 Å². The van der Waals surface area contributed by atoms with Gasteiger partial charge in [0, 0.05) is 18.7 Å². The molecule has 7 heteroatoms. The van der Waals surface area contributed by atoms with Gasteiger partial charge in [-0.15, -0.1) is 12.4 Å². The van der Waals surface area contributed by atoms with Gasteiger partial charge in [0.1, 0.15) is 0 Å². The van der Waals surface area contributed by atoms with Gasteiger partial charge in [0.05, 0.1) is 17.8 Å². The van der Waals surface area contributed by atoms with E-state index in [1.165, 1.54) is 0 Å². The largest absolute Gasteiger partial charge is 0.462 e. The highest BCUT2D eigenvalue weighted by molar-refractivity contribution is 5.95. The first-order chi connectivity index (χ1) is 13.0. The minimum atomic E-state index is -0.865. The number of ether oxygens (including phenoxy) is 1. The van der Waals surface area contributed by atoms with Crippen molar-refractivity contribution >= 4 is 24.3 Å². The molecule has 1 fully saturated rings. The molecule has 1 amide bonds. The lowest BCUT2D eigenvalue weighted by atomic mass is 10.0.